The van der Waals surface area contributed by atoms with Gasteiger partial charge in [-0.1, -0.05) is 39.1 Å². The van der Waals surface area contributed by atoms with Gasteiger partial charge >= 0.3 is 0 Å². The first-order valence-electron chi connectivity index (χ1n) is 6.05. The van der Waals surface area contributed by atoms with E-state index in [1.165, 1.54) is 0 Å². The fourth-order valence-corrected chi connectivity index (χ4v) is 2.58. The largest absolute Gasteiger partial charge is 0.437 e. The summed E-state index contributed by atoms with van der Waals surface area (Å²) in [4.78, 5) is 4.31. The molecule has 0 radical (unpaired) electrons. The molecule has 0 fully saturated rings. The molecule has 0 aliphatic heterocycles. The molecule has 0 saturated heterocycles. The van der Waals surface area contributed by atoms with E-state index in [9.17, 15) is 0 Å². The average Bonchev–Trinajstić information content (AvgIpc) is 2.38. The van der Waals surface area contributed by atoms with E-state index < -0.39 is 0 Å². The summed E-state index contributed by atoms with van der Waals surface area (Å²) in [5.41, 5.74) is 0.984. The van der Waals surface area contributed by atoms with E-state index in [2.05, 4.69) is 26.2 Å². The smallest absolute Gasteiger partial charge is 0.240 e. The van der Waals surface area contributed by atoms with Crippen LogP contribution in [0.4, 0.5) is 5.82 Å². The molecule has 1 aromatic carbocycles. The maximum absolute atomic E-state index is 6.13. The number of pyridine rings is 1. The van der Waals surface area contributed by atoms with Crippen LogP contribution in [0.5, 0.6) is 11.6 Å². The number of nitrogens with zero attached hydrogens (tertiary/aromatic N) is 1. The number of aromatic nitrogens is 1. The van der Waals surface area contributed by atoms with Crippen LogP contribution in [0.2, 0.25) is 10.0 Å². The minimum absolute atomic E-state index is 0.331. The molecule has 0 aliphatic carbocycles. The summed E-state index contributed by atoms with van der Waals surface area (Å²) >= 11 is 15.6. The minimum atomic E-state index is 0.331. The van der Waals surface area contributed by atoms with E-state index in [1.807, 2.05) is 32.0 Å². The lowest BCUT2D eigenvalue weighted by Gasteiger charge is -2.12. The van der Waals surface area contributed by atoms with Crippen LogP contribution in [0.3, 0.4) is 0 Å². The minimum Gasteiger partial charge on any atom is -0.437 e. The van der Waals surface area contributed by atoms with Crippen molar-refractivity contribution in [1.82, 2.24) is 4.98 Å². The SMILES string of the molecule is CCNc1nc(Oc2ccc(Br)cc2C)c(Cl)cc1Cl. The Balaban J connectivity index is 2.35. The molecule has 106 valence electrons. The Bertz CT molecular complexity index is 635. The molecular weight excluding hydrogens is 363 g/mol. The van der Waals surface area contributed by atoms with E-state index in [0.717, 1.165) is 10.0 Å². The third-order valence-corrected chi connectivity index (χ3v) is 3.64. The van der Waals surface area contributed by atoms with Gasteiger partial charge in [0.05, 0.1) is 5.02 Å². The molecule has 6 heteroatoms. The summed E-state index contributed by atoms with van der Waals surface area (Å²) in [5, 5.41) is 3.91. The molecule has 0 unspecified atom stereocenters. The van der Waals surface area contributed by atoms with Crippen molar-refractivity contribution >= 4 is 44.9 Å². The van der Waals surface area contributed by atoms with Crippen LogP contribution in [0.1, 0.15) is 12.5 Å². The van der Waals surface area contributed by atoms with Gasteiger partial charge in [-0.15, -0.1) is 0 Å². The van der Waals surface area contributed by atoms with Crippen molar-refractivity contribution in [1.29, 1.82) is 0 Å². The number of benzene rings is 1. The molecule has 1 aromatic heterocycles. The van der Waals surface area contributed by atoms with E-state index in [4.69, 9.17) is 27.9 Å². The highest BCUT2D eigenvalue weighted by Gasteiger charge is 2.12. The Hall–Kier alpha value is -0.970. The number of ether oxygens (including phenoxy) is 1. The summed E-state index contributed by atoms with van der Waals surface area (Å²) in [6.07, 6.45) is 0. The van der Waals surface area contributed by atoms with Crippen LogP contribution in [-0.2, 0) is 0 Å². The lowest BCUT2D eigenvalue weighted by atomic mass is 10.2. The lowest BCUT2D eigenvalue weighted by molar-refractivity contribution is 0.460. The standard InChI is InChI=1S/C14H13BrCl2N2O/c1-3-18-13-10(16)7-11(17)14(19-13)20-12-5-4-9(15)6-8(12)2/h4-7H,3H2,1-2H3,(H,18,19). The molecule has 1 N–H and O–H groups in total. The van der Waals surface area contributed by atoms with Crippen molar-refractivity contribution < 1.29 is 4.74 Å². The van der Waals surface area contributed by atoms with Crippen LogP contribution in [0.15, 0.2) is 28.7 Å². The Morgan fingerprint density at radius 2 is 2.00 bits per heavy atom. The van der Waals surface area contributed by atoms with Crippen LogP contribution < -0.4 is 10.1 Å². The highest BCUT2D eigenvalue weighted by molar-refractivity contribution is 9.10. The Morgan fingerprint density at radius 1 is 1.25 bits per heavy atom. The number of hydrogen-bond donors (Lipinski definition) is 1. The summed E-state index contributed by atoms with van der Waals surface area (Å²) in [5.74, 6) is 1.59. The first kappa shape index (κ1) is 15.4. The van der Waals surface area contributed by atoms with Gasteiger partial charge < -0.3 is 10.1 Å². The molecule has 1 heterocycles. The van der Waals surface area contributed by atoms with Gasteiger partial charge in [-0.3, -0.25) is 0 Å². The second kappa shape index (κ2) is 6.66. The third-order valence-electron chi connectivity index (χ3n) is 2.59. The molecule has 3 nitrogen and oxygen atoms in total. The molecule has 2 aromatic rings. The number of anilines is 1. The van der Waals surface area contributed by atoms with Gasteiger partial charge in [0.25, 0.3) is 0 Å². The molecule has 20 heavy (non-hydrogen) atoms. The van der Waals surface area contributed by atoms with Crippen molar-refractivity contribution in [2.45, 2.75) is 13.8 Å². The molecule has 0 saturated carbocycles. The first-order chi connectivity index (χ1) is 9.51. The predicted octanol–water partition coefficient (Wildman–Crippen LogP) is 5.68. The second-order valence-corrected chi connectivity index (χ2v) is 5.88. The maximum atomic E-state index is 6.13. The molecule has 0 spiro atoms. The van der Waals surface area contributed by atoms with Crippen LogP contribution in [-0.4, -0.2) is 11.5 Å². The number of hydrogen-bond acceptors (Lipinski definition) is 3. The Morgan fingerprint density at radius 3 is 2.65 bits per heavy atom. The molecule has 0 atom stereocenters. The van der Waals surface area contributed by atoms with Crippen molar-refractivity contribution in [3.8, 4) is 11.6 Å². The van der Waals surface area contributed by atoms with E-state index in [-0.39, 0.29) is 0 Å². The quantitative estimate of drug-likeness (QED) is 0.745. The molecule has 0 amide bonds. The van der Waals surface area contributed by atoms with Gasteiger partial charge in [-0.05, 0) is 43.7 Å². The highest BCUT2D eigenvalue weighted by atomic mass is 79.9. The molecule has 2 rings (SSSR count). The van der Waals surface area contributed by atoms with Crippen LogP contribution >= 0.6 is 39.1 Å². The van der Waals surface area contributed by atoms with Crippen molar-refractivity contribution in [2.75, 3.05) is 11.9 Å². The summed E-state index contributed by atoms with van der Waals surface area (Å²) in [6, 6.07) is 7.35. The number of rotatable bonds is 4. The van der Waals surface area contributed by atoms with E-state index in [1.54, 1.807) is 6.07 Å². The van der Waals surface area contributed by atoms with Gasteiger partial charge in [0.15, 0.2) is 0 Å². The number of aryl methyl sites for hydroxylation is 1. The molecular formula is C14H13BrCl2N2O. The van der Waals surface area contributed by atoms with Gasteiger partial charge in [0.2, 0.25) is 5.88 Å². The fourth-order valence-electron chi connectivity index (χ4n) is 1.64. The average molecular weight is 376 g/mol. The first-order valence-corrected chi connectivity index (χ1v) is 7.60. The summed E-state index contributed by atoms with van der Waals surface area (Å²) in [6.45, 7) is 4.63. The van der Waals surface area contributed by atoms with Crippen molar-refractivity contribution in [3.05, 3.63) is 44.3 Å². The normalized spacial score (nSPS) is 10.4. The Labute approximate surface area is 136 Å². The monoisotopic (exact) mass is 374 g/mol. The summed E-state index contributed by atoms with van der Waals surface area (Å²) in [7, 11) is 0. The van der Waals surface area contributed by atoms with Crippen LogP contribution in [0.25, 0.3) is 0 Å². The van der Waals surface area contributed by atoms with E-state index in [0.29, 0.717) is 34.0 Å². The zero-order valence-electron chi connectivity index (χ0n) is 11.0. The maximum Gasteiger partial charge on any atom is 0.240 e. The zero-order chi connectivity index (χ0) is 14.7. The van der Waals surface area contributed by atoms with Gasteiger partial charge in [-0.2, -0.15) is 4.98 Å². The van der Waals surface area contributed by atoms with Crippen LogP contribution in [0, 0.1) is 6.92 Å². The van der Waals surface area contributed by atoms with Gasteiger partial charge in [0, 0.05) is 11.0 Å². The van der Waals surface area contributed by atoms with E-state index >= 15 is 0 Å². The molecule has 0 aliphatic rings. The van der Waals surface area contributed by atoms with Gasteiger partial charge in [-0.25, -0.2) is 0 Å². The summed E-state index contributed by atoms with van der Waals surface area (Å²) < 4.78 is 6.77. The number of nitrogens with one attached hydrogen (secondary N) is 1. The van der Waals surface area contributed by atoms with Crippen molar-refractivity contribution in [3.63, 3.8) is 0 Å². The fraction of sp³-hybridized carbons (Fsp3) is 0.214. The zero-order valence-corrected chi connectivity index (χ0v) is 14.1. The third kappa shape index (κ3) is 3.57. The lowest BCUT2D eigenvalue weighted by Crippen LogP contribution is -2.01. The number of halogens is 3. The Kier molecular flexibility index (Phi) is 5.13. The van der Waals surface area contributed by atoms with Gasteiger partial charge in [0.1, 0.15) is 16.6 Å². The second-order valence-electron chi connectivity index (χ2n) is 4.15. The van der Waals surface area contributed by atoms with Crippen molar-refractivity contribution in [2.24, 2.45) is 0 Å². The topological polar surface area (TPSA) is 34.2 Å². The predicted molar refractivity (Wildman–Crippen MR) is 87.4 cm³/mol. The highest BCUT2D eigenvalue weighted by Crippen LogP contribution is 2.34. The molecule has 0 bridgehead atoms.